The summed E-state index contributed by atoms with van der Waals surface area (Å²) in [6, 6.07) is 30.4. The summed E-state index contributed by atoms with van der Waals surface area (Å²) in [4.78, 5) is 3.26. The van der Waals surface area contributed by atoms with Crippen LogP contribution >= 0.6 is 0 Å². The smallest absolute Gasteiger partial charge is 0.126 e. The Bertz CT molecular complexity index is 1350. The number of methoxy groups -OCH3 is 1. The normalized spacial score (nSPS) is 12.3. The number of nitrogens with one attached hydrogen (secondary N) is 2. The number of rotatable bonds is 6. The van der Waals surface area contributed by atoms with Crippen molar-refractivity contribution in [1.82, 2.24) is 10.3 Å². The molecular weight excluding hydrogens is 380 g/mol. The van der Waals surface area contributed by atoms with Crippen molar-refractivity contribution in [2.75, 3.05) is 7.11 Å². The van der Waals surface area contributed by atoms with Crippen molar-refractivity contribution in [1.29, 1.82) is 0 Å². The molecule has 1 heterocycles. The van der Waals surface area contributed by atoms with Crippen LogP contribution in [0.3, 0.4) is 0 Å². The predicted molar refractivity (Wildman–Crippen MR) is 129 cm³/mol. The van der Waals surface area contributed by atoms with Crippen LogP contribution in [0.4, 0.5) is 0 Å². The molecular formula is C28H26N2O. The van der Waals surface area contributed by atoms with Crippen molar-refractivity contribution in [3.8, 4) is 16.9 Å². The first-order valence-corrected chi connectivity index (χ1v) is 10.7. The van der Waals surface area contributed by atoms with Crippen LogP contribution < -0.4 is 10.1 Å². The number of ether oxygens (including phenoxy) is 1. The van der Waals surface area contributed by atoms with Gasteiger partial charge < -0.3 is 15.0 Å². The number of hydrogen-bond donors (Lipinski definition) is 2. The second-order valence-electron chi connectivity index (χ2n) is 8.02. The number of fused-ring (bicyclic) bond motifs is 2. The van der Waals surface area contributed by atoms with Crippen molar-refractivity contribution < 1.29 is 4.74 Å². The fraction of sp³-hybridized carbons (Fsp3) is 0.143. The maximum Gasteiger partial charge on any atom is 0.126 e. The molecule has 0 aliphatic heterocycles. The molecule has 0 spiro atoms. The largest absolute Gasteiger partial charge is 0.496 e. The molecule has 5 aromatic rings. The molecule has 0 bridgehead atoms. The summed E-state index contributed by atoms with van der Waals surface area (Å²) in [6.45, 7) is 3.01. The summed E-state index contributed by atoms with van der Waals surface area (Å²) in [5.74, 6) is 0.890. The third-order valence-corrected chi connectivity index (χ3v) is 6.01. The van der Waals surface area contributed by atoms with Crippen LogP contribution in [0.25, 0.3) is 32.8 Å². The third-order valence-electron chi connectivity index (χ3n) is 6.01. The maximum absolute atomic E-state index is 5.66. The van der Waals surface area contributed by atoms with Crippen LogP contribution in [0, 0.1) is 0 Å². The first-order valence-electron chi connectivity index (χ1n) is 10.7. The standard InChI is InChI=1S/C28H26N2O/c1-19(22-9-8-21-5-3-4-6-23(21)16-22)30-18-20-7-12-28(31-2)26(15-20)24-10-11-27-25(17-24)13-14-29-27/h3-17,19,29-30H,18H2,1-2H3. The van der Waals surface area contributed by atoms with Gasteiger partial charge >= 0.3 is 0 Å². The lowest BCUT2D eigenvalue weighted by Crippen LogP contribution is -2.18. The molecule has 0 radical (unpaired) electrons. The highest BCUT2D eigenvalue weighted by Crippen LogP contribution is 2.33. The van der Waals surface area contributed by atoms with Crippen LogP contribution in [-0.4, -0.2) is 12.1 Å². The molecule has 2 N–H and O–H groups in total. The van der Waals surface area contributed by atoms with E-state index in [1.165, 1.54) is 27.3 Å². The zero-order chi connectivity index (χ0) is 21.2. The summed E-state index contributed by atoms with van der Waals surface area (Å²) in [6.07, 6.45) is 1.97. The molecule has 0 saturated heterocycles. The summed E-state index contributed by atoms with van der Waals surface area (Å²) in [5, 5.41) is 7.43. The van der Waals surface area contributed by atoms with Crippen molar-refractivity contribution in [2.24, 2.45) is 0 Å². The molecule has 31 heavy (non-hydrogen) atoms. The van der Waals surface area contributed by atoms with E-state index in [2.05, 4.69) is 102 Å². The van der Waals surface area contributed by atoms with Gasteiger partial charge in [0.15, 0.2) is 0 Å². The van der Waals surface area contributed by atoms with Crippen molar-refractivity contribution >= 4 is 21.7 Å². The lowest BCUT2D eigenvalue weighted by Gasteiger charge is -2.17. The molecule has 154 valence electrons. The van der Waals surface area contributed by atoms with E-state index in [1.54, 1.807) is 7.11 Å². The van der Waals surface area contributed by atoms with Gasteiger partial charge in [-0.25, -0.2) is 0 Å². The number of aromatic nitrogens is 1. The SMILES string of the molecule is COc1ccc(CNC(C)c2ccc3ccccc3c2)cc1-c1ccc2[nH]ccc2c1. The lowest BCUT2D eigenvalue weighted by atomic mass is 10.00. The molecule has 3 nitrogen and oxygen atoms in total. The summed E-state index contributed by atoms with van der Waals surface area (Å²) >= 11 is 0. The van der Waals surface area contributed by atoms with E-state index in [-0.39, 0.29) is 6.04 Å². The molecule has 5 rings (SSSR count). The number of hydrogen-bond acceptors (Lipinski definition) is 2. The molecule has 0 amide bonds. The van der Waals surface area contributed by atoms with Gasteiger partial charge in [-0.3, -0.25) is 0 Å². The molecule has 0 fully saturated rings. The van der Waals surface area contributed by atoms with E-state index in [4.69, 9.17) is 4.74 Å². The van der Waals surface area contributed by atoms with Gasteiger partial charge in [0.2, 0.25) is 0 Å². The molecule has 0 aliphatic carbocycles. The Hall–Kier alpha value is -3.56. The summed E-state index contributed by atoms with van der Waals surface area (Å²) in [5.41, 5.74) is 5.95. The average Bonchev–Trinajstić information content (AvgIpc) is 3.30. The minimum Gasteiger partial charge on any atom is -0.496 e. The van der Waals surface area contributed by atoms with Gasteiger partial charge in [0.1, 0.15) is 5.75 Å². The van der Waals surface area contributed by atoms with Crippen LogP contribution in [-0.2, 0) is 6.54 Å². The first-order chi connectivity index (χ1) is 15.2. The quantitative estimate of drug-likeness (QED) is 0.324. The van der Waals surface area contributed by atoms with Gasteiger partial charge in [-0.2, -0.15) is 0 Å². The second kappa shape index (κ2) is 8.29. The number of benzene rings is 4. The van der Waals surface area contributed by atoms with E-state index in [0.29, 0.717) is 0 Å². The predicted octanol–water partition coefficient (Wildman–Crippen LogP) is 6.85. The molecule has 3 heteroatoms. The Morgan fingerprint density at radius 1 is 0.839 bits per heavy atom. The molecule has 0 saturated carbocycles. The highest BCUT2D eigenvalue weighted by atomic mass is 16.5. The molecule has 1 atom stereocenters. The van der Waals surface area contributed by atoms with Gasteiger partial charge in [0, 0.05) is 29.9 Å². The average molecular weight is 407 g/mol. The Morgan fingerprint density at radius 2 is 1.71 bits per heavy atom. The van der Waals surface area contributed by atoms with Crippen molar-refractivity contribution in [3.05, 3.63) is 102 Å². The second-order valence-corrected chi connectivity index (χ2v) is 8.02. The van der Waals surface area contributed by atoms with Gasteiger partial charge in [0.25, 0.3) is 0 Å². The van der Waals surface area contributed by atoms with Gasteiger partial charge in [-0.05, 0) is 76.2 Å². The molecule has 0 aliphatic rings. The first kappa shape index (κ1) is 19.4. The highest BCUT2D eigenvalue weighted by Gasteiger charge is 2.10. The molecule has 1 aromatic heterocycles. The van der Waals surface area contributed by atoms with Crippen molar-refractivity contribution in [2.45, 2.75) is 19.5 Å². The van der Waals surface area contributed by atoms with Crippen molar-refractivity contribution in [3.63, 3.8) is 0 Å². The van der Waals surface area contributed by atoms with Gasteiger partial charge in [-0.15, -0.1) is 0 Å². The summed E-state index contributed by atoms with van der Waals surface area (Å²) < 4.78 is 5.66. The Labute approximate surface area is 182 Å². The minimum absolute atomic E-state index is 0.256. The van der Waals surface area contributed by atoms with E-state index in [1.807, 2.05) is 6.20 Å². The number of H-pyrrole nitrogens is 1. The number of aromatic amines is 1. The van der Waals surface area contributed by atoms with Crippen LogP contribution in [0.5, 0.6) is 5.75 Å². The zero-order valence-electron chi connectivity index (χ0n) is 17.9. The van der Waals surface area contributed by atoms with Crippen LogP contribution in [0.1, 0.15) is 24.1 Å². The molecule has 4 aromatic carbocycles. The van der Waals surface area contributed by atoms with Gasteiger partial charge in [-0.1, -0.05) is 48.5 Å². The lowest BCUT2D eigenvalue weighted by molar-refractivity contribution is 0.416. The Morgan fingerprint density at radius 3 is 2.58 bits per heavy atom. The minimum atomic E-state index is 0.256. The van der Waals surface area contributed by atoms with Crippen LogP contribution in [0.15, 0.2) is 91.1 Å². The van der Waals surface area contributed by atoms with Gasteiger partial charge in [0.05, 0.1) is 7.11 Å². The fourth-order valence-corrected chi connectivity index (χ4v) is 4.18. The topological polar surface area (TPSA) is 37.0 Å². The van der Waals surface area contributed by atoms with E-state index in [0.717, 1.165) is 28.9 Å². The molecule has 1 unspecified atom stereocenters. The van der Waals surface area contributed by atoms with E-state index >= 15 is 0 Å². The Balaban J connectivity index is 1.38. The Kier molecular flexibility index (Phi) is 5.19. The monoisotopic (exact) mass is 406 g/mol. The highest BCUT2D eigenvalue weighted by molar-refractivity contribution is 5.86. The third kappa shape index (κ3) is 3.92. The zero-order valence-corrected chi connectivity index (χ0v) is 17.9. The van der Waals surface area contributed by atoms with Crippen LogP contribution in [0.2, 0.25) is 0 Å². The van der Waals surface area contributed by atoms with E-state index in [9.17, 15) is 0 Å². The maximum atomic E-state index is 5.66. The van der Waals surface area contributed by atoms with E-state index < -0.39 is 0 Å². The fourth-order valence-electron chi connectivity index (χ4n) is 4.18. The summed E-state index contributed by atoms with van der Waals surface area (Å²) in [7, 11) is 1.73.